The van der Waals surface area contributed by atoms with E-state index in [9.17, 15) is 8.42 Å². The lowest BCUT2D eigenvalue weighted by atomic mass is 10.1. The van der Waals surface area contributed by atoms with Crippen molar-refractivity contribution in [1.29, 1.82) is 0 Å². The molecular weight excluding hydrogens is 260 g/mol. The van der Waals surface area contributed by atoms with Crippen molar-refractivity contribution in [2.75, 3.05) is 25.4 Å². The quantitative estimate of drug-likeness (QED) is 0.641. The maximum absolute atomic E-state index is 11.7. The molecule has 19 heavy (non-hydrogen) atoms. The molecule has 0 amide bonds. The molecule has 0 spiro atoms. The summed E-state index contributed by atoms with van der Waals surface area (Å²) >= 11 is 0. The Labute approximate surface area is 116 Å². The van der Waals surface area contributed by atoms with Gasteiger partial charge in [-0.05, 0) is 37.9 Å². The number of hydrogen-bond donors (Lipinski definition) is 2. The van der Waals surface area contributed by atoms with Crippen LogP contribution in [0, 0.1) is 0 Å². The van der Waals surface area contributed by atoms with E-state index in [4.69, 9.17) is 0 Å². The van der Waals surface area contributed by atoms with Gasteiger partial charge in [0.25, 0.3) is 0 Å². The highest BCUT2D eigenvalue weighted by Crippen LogP contribution is 2.01. The third kappa shape index (κ3) is 7.97. The monoisotopic (exact) mass is 284 g/mol. The van der Waals surface area contributed by atoms with Gasteiger partial charge in [-0.3, -0.25) is 0 Å². The predicted molar refractivity (Wildman–Crippen MR) is 79.7 cm³/mol. The first-order chi connectivity index (χ1) is 9.14. The Bertz CT molecular complexity index is 432. The number of aryl methyl sites for hydroxylation is 1. The molecule has 0 saturated carbocycles. The number of sulfonamides is 1. The molecule has 0 bridgehead atoms. The SMILES string of the molecule is CCNCCCS(=O)(=O)NCCCc1ccccc1. The van der Waals surface area contributed by atoms with Gasteiger partial charge < -0.3 is 5.32 Å². The Morgan fingerprint density at radius 1 is 1.05 bits per heavy atom. The standard InChI is InChI=1S/C14H24N2O2S/c1-2-15-11-7-13-19(17,18)16-12-6-10-14-8-4-3-5-9-14/h3-5,8-9,15-16H,2,6-7,10-13H2,1H3. The zero-order chi connectivity index (χ0) is 14.0. The van der Waals surface area contributed by atoms with E-state index in [1.54, 1.807) is 0 Å². The molecule has 0 heterocycles. The first-order valence-electron chi connectivity index (χ1n) is 6.86. The van der Waals surface area contributed by atoms with Gasteiger partial charge in [0.1, 0.15) is 0 Å². The van der Waals surface area contributed by atoms with Gasteiger partial charge in [-0.15, -0.1) is 0 Å². The Kier molecular flexibility index (Phi) is 7.70. The third-order valence-corrected chi connectivity index (χ3v) is 4.29. The molecule has 0 aliphatic carbocycles. The summed E-state index contributed by atoms with van der Waals surface area (Å²) in [6, 6.07) is 10.1. The zero-order valence-electron chi connectivity index (χ0n) is 11.6. The van der Waals surface area contributed by atoms with E-state index in [0.29, 0.717) is 13.0 Å². The molecule has 2 N–H and O–H groups in total. The highest BCUT2D eigenvalue weighted by Gasteiger charge is 2.08. The molecule has 0 aromatic heterocycles. The van der Waals surface area contributed by atoms with E-state index in [0.717, 1.165) is 25.9 Å². The topological polar surface area (TPSA) is 58.2 Å². The maximum Gasteiger partial charge on any atom is 0.211 e. The minimum Gasteiger partial charge on any atom is -0.317 e. The molecule has 0 aliphatic heterocycles. The van der Waals surface area contributed by atoms with Crippen LogP contribution in [0.15, 0.2) is 30.3 Å². The van der Waals surface area contributed by atoms with Crippen LogP contribution >= 0.6 is 0 Å². The highest BCUT2D eigenvalue weighted by atomic mass is 32.2. The van der Waals surface area contributed by atoms with Crippen LogP contribution < -0.4 is 10.0 Å². The van der Waals surface area contributed by atoms with Crippen molar-refractivity contribution in [3.8, 4) is 0 Å². The van der Waals surface area contributed by atoms with Crippen LogP contribution in [0.4, 0.5) is 0 Å². The molecule has 0 unspecified atom stereocenters. The van der Waals surface area contributed by atoms with Crippen molar-refractivity contribution in [1.82, 2.24) is 10.0 Å². The van der Waals surface area contributed by atoms with Gasteiger partial charge in [0, 0.05) is 6.54 Å². The van der Waals surface area contributed by atoms with Crippen LogP contribution in [0.25, 0.3) is 0 Å². The molecule has 1 rings (SSSR count). The lowest BCUT2D eigenvalue weighted by Gasteiger charge is -2.07. The molecular formula is C14H24N2O2S. The maximum atomic E-state index is 11.7. The molecule has 0 saturated heterocycles. The number of rotatable bonds is 10. The molecule has 108 valence electrons. The summed E-state index contributed by atoms with van der Waals surface area (Å²) in [6.45, 7) is 4.15. The molecule has 1 aromatic rings. The van der Waals surface area contributed by atoms with Crippen molar-refractivity contribution < 1.29 is 8.42 Å². The van der Waals surface area contributed by atoms with Crippen LogP contribution in [0.3, 0.4) is 0 Å². The van der Waals surface area contributed by atoms with Crippen LogP contribution in [-0.2, 0) is 16.4 Å². The fourth-order valence-electron chi connectivity index (χ4n) is 1.80. The molecule has 1 aromatic carbocycles. The number of benzene rings is 1. The summed E-state index contributed by atoms with van der Waals surface area (Å²) in [5, 5.41) is 3.12. The van der Waals surface area contributed by atoms with E-state index in [2.05, 4.69) is 22.2 Å². The first kappa shape index (κ1) is 16.1. The first-order valence-corrected chi connectivity index (χ1v) is 8.51. The van der Waals surface area contributed by atoms with Crippen LogP contribution in [0.1, 0.15) is 25.3 Å². The van der Waals surface area contributed by atoms with E-state index >= 15 is 0 Å². The van der Waals surface area contributed by atoms with Gasteiger partial charge in [-0.25, -0.2) is 13.1 Å². The van der Waals surface area contributed by atoms with Crippen molar-refractivity contribution in [2.24, 2.45) is 0 Å². The molecule has 5 heteroatoms. The Morgan fingerprint density at radius 3 is 2.47 bits per heavy atom. The van der Waals surface area contributed by atoms with Gasteiger partial charge in [-0.2, -0.15) is 0 Å². The largest absolute Gasteiger partial charge is 0.317 e. The van der Waals surface area contributed by atoms with Gasteiger partial charge in [0.15, 0.2) is 0 Å². The van der Waals surface area contributed by atoms with E-state index in [-0.39, 0.29) is 5.75 Å². The lowest BCUT2D eigenvalue weighted by molar-refractivity contribution is 0.573. The molecule has 4 nitrogen and oxygen atoms in total. The normalized spacial score (nSPS) is 11.6. The summed E-state index contributed by atoms with van der Waals surface area (Å²) in [5.41, 5.74) is 1.24. The summed E-state index contributed by atoms with van der Waals surface area (Å²) < 4.78 is 26.0. The van der Waals surface area contributed by atoms with Crippen LogP contribution in [0.2, 0.25) is 0 Å². The van der Waals surface area contributed by atoms with Crippen molar-refractivity contribution in [3.05, 3.63) is 35.9 Å². The van der Waals surface area contributed by atoms with Gasteiger partial charge in [0.05, 0.1) is 5.75 Å². The summed E-state index contributed by atoms with van der Waals surface area (Å²) in [5.74, 6) is 0.200. The predicted octanol–water partition coefficient (Wildman–Crippen LogP) is 1.54. The minimum atomic E-state index is -3.11. The summed E-state index contributed by atoms with van der Waals surface area (Å²) in [7, 11) is -3.11. The third-order valence-electron chi connectivity index (χ3n) is 2.82. The second-order valence-electron chi connectivity index (χ2n) is 4.51. The lowest BCUT2D eigenvalue weighted by Crippen LogP contribution is -2.29. The molecule has 0 atom stereocenters. The number of nitrogens with one attached hydrogen (secondary N) is 2. The second kappa shape index (κ2) is 9.07. The number of hydrogen-bond acceptors (Lipinski definition) is 3. The van der Waals surface area contributed by atoms with Crippen molar-refractivity contribution in [3.63, 3.8) is 0 Å². The molecule has 0 fully saturated rings. The fraction of sp³-hybridized carbons (Fsp3) is 0.571. The highest BCUT2D eigenvalue weighted by molar-refractivity contribution is 7.89. The summed E-state index contributed by atoms with van der Waals surface area (Å²) in [4.78, 5) is 0. The van der Waals surface area contributed by atoms with Crippen LogP contribution in [0.5, 0.6) is 0 Å². The van der Waals surface area contributed by atoms with Gasteiger partial charge in [-0.1, -0.05) is 37.3 Å². The summed E-state index contributed by atoms with van der Waals surface area (Å²) in [6.07, 6.45) is 2.39. The average molecular weight is 284 g/mol. The zero-order valence-corrected chi connectivity index (χ0v) is 12.4. The minimum absolute atomic E-state index is 0.200. The van der Waals surface area contributed by atoms with Crippen LogP contribution in [-0.4, -0.2) is 33.8 Å². The smallest absolute Gasteiger partial charge is 0.211 e. The Hall–Kier alpha value is -0.910. The van der Waals surface area contributed by atoms with Crippen molar-refractivity contribution >= 4 is 10.0 Å². The fourth-order valence-corrected chi connectivity index (χ4v) is 2.93. The van der Waals surface area contributed by atoms with E-state index in [1.165, 1.54) is 5.56 Å². The molecule has 0 aliphatic rings. The van der Waals surface area contributed by atoms with Crippen molar-refractivity contribution in [2.45, 2.75) is 26.2 Å². The van der Waals surface area contributed by atoms with E-state index < -0.39 is 10.0 Å². The Balaban J connectivity index is 2.14. The Morgan fingerprint density at radius 2 is 1.79 bits per heavy atom. The average Bonchev–Trinajstić information content (AvgIpc) is 2.41. The van der Waals surface area contributed by atoms with Gasteiger partial charge >= 0.3 is 0 Å². The van der Waals surface area contributed by atoms with Gasteiger partial charge in [0.2, 0.25) is 10.0 Å². The molecule has 0 radical (unpaired) electrons. The van der Waals surface area contributed by atoms with E-state index in [1.807, 2.05) is 25.1 Å². The second-order valence-corrected chi connectivity index (χ2v) is 6.44.